The molecule has 0 bridgehead atoms. The van der Waals surface area contributed by atoms with Gasteiger partial charge in [-0.1, -0.05) is 18.2 Å². The van der Waals surface area contributed by atoms with Crippen molar-refractivity contribution in [1.82, 2.24) is 0 Å². The number of carbonyl (C=O) groups is 2. The fourth-order valence-corrected chi connectivity index (χ4v) is 1.22. The molecule has 4 heteroatoms. The standard InChI is InChI=1S/C12H13NO3/c1-2-3-11(14)13-10-6-4-9(5-7-10)8-12(15)16/h2,4-7H,1,3,8H2,(H,13,14)(H,15,16). The molecular weight excluding hydrogens is 206 g/mol. The Hall–Kier alpha value is -2.10. The topological polar surface area (TPSA) is 66.4 Å². The van der Waals surface area contributed by atoms with Crippen LogP contribution in [-0.4, -0.2) is 17.0 Å². The molecule has 84 valence electrons. The van der Waals surface area contributed by atoms with Crippen LogP contribution in [0.25, 0.3) is 0 Å². The van der Waals surface area contributed by atoms with Gasteiger partial charge in [-0.3, -0.25) is 9.59 Å². The molecule has 0 radical (unpaired) electrons. The Balaban J connectivity index is 2.60. The van der Waals surface area contributed by atoms with Crippen LogP contribution in [0, 0.1) is 0 Å². The van der Waals surface area contributed by atoms with E-state index in [1.807, 2.05) is 0 Å². The molecule has 0 aliphatic carbocycles. The lowest BCUT2D eigenvalue weighted by molar-refractivity contribution is -0.136. The summed E-state index contributed by atoms with van der Waals surface area (Å²) in [5, 5.41) is 11.2. The largest absolute Gasteiger partial charge is 0.481 e. The number of anilines is 1. The number of carboxylic acids is 1. The van der Waals surface area contributed by atoms with E-state index < -0.39 is 5.97 Å². The van der Waals surface area contributed by atoms with Gasteiger partial charge in [0.15, 0.2) is 0 Å². The molecule has 1 aromatic carbocycles. The van der Waals surface area contributed by atoms with Crippen LogP contribution in [0.4, 0.5) is 5.69 Å². The first kappa shape index (κ1) is 12.0. The summed E-state index contributed by atoms with van der Waals surface area (Å²) in [6.45, 7) is 3.46. The summed E-state index contributed by atoms with van der Waals surface area (Å²) in [5.41, 5.74) is 1.36. The Morgan fingerprint density at radius 1 is 1.31 bits per heavy atom. The predicted molar refractivity (Wildman–Crippen MR) is 61.2 cm³/mol. The molecule has 1 aromatic rings. The molecule has 0 saturated carbocycles. The zero-order chi connectivity index (χ0) is 12.0. The minimum atomic E-state index is -0.872. The van der Waals surface area contributed by atoms with Gasteiger partial charge in [-0.05, 0) is 17.7 Å². The van der Waals surface area contributed by atoms with Crippen LogP contribution in [0.5, 0.6) is 0 Å². The number of hydrogen-bond acceptors (Lipinski definition) is 2. The number of amides is 1. The van der Waals surface area contributed by atoms with Gasteiger partial charge in [-0.2, -0.15) is 0 Å². The lowest BCUT2D eigenvalue weighted by Crippen LogP contribution is -2.09. The highest BCUT2D eigenvalue weighted by Crippen LogP contribution is 2.10. The van der Waals surface area contributed by atoms with Gasteiger partial charge in [0.05, 0.1) is 6.42 Å². The lowest BCUT2D eigenvalue weighted by Gasteiger charge is -2.04. The maximum atomic E-state index is 11.2. The minimum Gasteiger partial charge on any atom is -0.481 e. The van der Waals surface area contributed by atoms with E-state index in [1.165, 1.54) is 6.08 Å². The van der Waals surface area contributed by atoms with Crippen molar-refractivity contribution in [2.24, 2.45) is 0 Å². The lowest BCUT2D eigenvalue weighted by atomic mass is 10.1. The molecule has 0 aliphatic rings. The van der Waals surface area contributed by atoms with Crippen LogP contribution in [0.2, 0.25) is 0 Å². The summed E-state index contributed by atoms with van der Waals surface area (Å²) in [5.74, 6) is -1.01. The normalized spacial score (nSPS) is 9.50. The van der Waals surface area contributed by atoms with Crippen molar-refractivity contribution in [1.29, 1.82) is 0 Å². The van der Waals surface area contributed by atoms with Crippen LogP contribution in [-0.2, 0) is 16.0 Å². The van der Waals surface area contributed by atoms with Gasteiger partial charge in [0, 0.05) is 12.1 Å². The second kappa shape index (κ2) is 5.70. The summed E-state index contributed by atoms with van der Waals surface area (Å²) < 4.78 is 0. The zero-order valence-electron chi connectivity index (χ0n) is 8.77. The summed E-state index contributed by atoms with van der Waals surface area (Å²) in [4.78, 5) is 21.6. The monoisotopic (exact) mass is 219 g/mol. The van der Waals surface area contributed by atoms with Gasteiger partial charge in [0.1, 0.15) is 0 Å². The first-order valence-electron chi connectivity index (χ1n) is 4.83. The molecule has 2 N–H and O–H groups in total. The third kappa shape index (κ3) is 3.96. The summed E-state index contributed by atoms with van der Waals surface area (Å²) in [6.07, 6.45) is 1.77. The summed E-state index contributed by atoms with van der Waals surface area (Å²) >= 11 is 0. The third-order valence-electron chi connectivity index (χ3n) is 1.92. The second-order valence-corrected chi connectivity index (χ2v) is 3.31. The van der Waals surface area contributed by atoms with E-state index in [1.54, 1.807) is 24.3 Å². The van der Waals surface area contributed by atoms with Gasteiger partial charge in [0.25, 0.3) is 0 Å². The molecule has 0 unspecified atom stereocenters. The van der Waals surface area contributed by atoms with Gasteiger partial charge in [0.2, 0.25) is 5.91 Å². The van der Waals surface area contributed by atoms with Crippen LogP contribution >= 0.6 is 0 Å². The first-order valence-corrected chi connectivity index (χ1v) is 4.83. The van der Waals surface area contributed by atoms with Crippen molar-refractivity contribution in [3.05, 3.63) is 42.5 Å². The quantitative estimate of drug-likeness (QED) is 0.742. The number of benzene rings is 1. The molecule has 0 spiro atoms. The average Bonchev–Trinajstić information content (AvgIpc) is 2.20. The molecule has 0 aliphatic heterocycles. The SMILES string of the molecule is C=CCC(=O)Nc1ccc(CC(=O)O)cc1. The van der Waals surface area contributed by atoms with E-state index in [0.717, 1.165) is 0 Å². The Bertz CT molecular complexity index is 395. The molecule has 1 rings (SSSR count). The number of hydrogen-bond donors (Lipinski definition) is 2. The van der Waals surface area contributed by atoms with E-state index in [4.69, 9.17) is 5.11 Å². The van der Waals surface area contributed by atoms with Crippen LogP contribution in [0.3, 0.4) is 0 Å². The fourth-order valence-electron chi connectivity index (χ4n) is 1.22. The maximum absolute atomic E-state index is 11.2. The summed E-state index contributed by atoms with van der Waals surface area (Å²) in [6, 6.07) is 6.72. The Labute approximate surface area is 93.6 Å². The highest BCUT2D eigenvalue weighted by Gasteiger charge is 2.02. The molecule has 0 aromatic heterocycles. The molecule has 0 saturated heterocycles. The van der Waals surface area contributed by atoms with E-state index in [0.29, 0.717) is 11.3 Å². The smallest absolute Gasteiger partial charge is 0.307 e. The highest BCUT2D eigenvalue weighted by atomic mass is 16.4. The minimum absolute atomic E-state index is 0.0130. The van der Waals surface area contributed by atoms with Gasteiger partial charge >= 0.3 is 5.97 Å². The average molecular weight is 219 g/mol. The van der Waals surface area contributed by atoms with E-state index >= 15 is 0 Å². The van der Waals surface area contributed by atoms with Crippen molar-refractivity contribution < 1.29 is 14.7 Å². The molecule has 16 heavy (non-hydrogen) atoms. The van der Waals surface area contributed by atoms with Crippen molar-refractivity contribution >= 4 is 17.6 Å². The molecule has 0 heterocycles. The van der Waals surface area contributed by atoms with Crippen molar-refractivity contribution in [2.45, 2.75) is 12.8 Å². The van der Waals surface area contributed by atoms with Crippen molar-refractivity contribution in [2.75, 3.05) is 5.32 Å². The van der Waals surface area contributed by atoms with E-state index in [-0.39, 0.29) is 18.7 Å². The van der Waals surface area contributed by atoms with Crippen LogP contribution in [0.15, 0.2) is 36.9 Å². The number of rotatable bonds is 5. The Kier molecular flexibility index (Phi) is 4.27. The van der Waals surface area contributed by atoms with Crippen molar-refractivity contribution in [3.8, 4) is 0 Å². The second-order valence-electron chi connectivity index (χ2n) is 3.31. The number of aliphatic carboxylic acids is 1. The van der Waals surface area contributed by atoms with Crippen molar-refractivity contribution in [3.63, 3.8) is 0 Å². The van der Waals surface area contributed by atoms with Crippen LogP contribution < -0.4 is 5.32 Å². The maximum Gasteiger partial charge on any atom is 0.307 e. The molecular formula is C12H13NO3. The van der Waals surface area contributed by atoms with Gasteiger partial charge in [-0.25, -0.2) is 0 Å². The number of carbonyl (C=O) groups excluding carboxylic acids is 1. The zero-order valence-corrected chi connectivity index (χ0v) is 8.77. The van der Waals surface area contributed by atoms with Crippen LogP contribution in [0.1, 0.15) is 12.0 Å². The Morgan fingerprint density at radius 2 is 1.94 bits per heavy atom. The Morgan fingerprint density at radius 3 is 2.44 bits per heavy atom. The third-order valence-corrected chi connectivity index (χ3v) is 1.92. The summed E-state index contributed by atoms with van der Waals surface area (Å²) in [7, 11) is 0. The molecule has 0 atom stereocenters. The van der Waals surface area contributed by atoms with E-state index in [9.17, 15) is 9.59 Å². The molecule has 0 fully saturated rings. The molecule has 1 amide bonds. The fraction of sp³-hybridized carbons (Fsp3) is 0.167. The molecule has 4 nitrogen and oxygen atoms in total. The first-order chi connectivity index (χ1) is 7.61. The number of carboxylic acid groups (broad SMARTS) is 1. The predicted octanol–water partition coefficient (Wildman–Crippen LogP) is 1.83. The highest BCUT2D eigenvalue weighted by molar-refractivity contribution is 5.91. The number of nitrogens with one attached hydrogen (secondary N) is 1. The van der Waals surface area contributed by atoms with Gasteiger partial charge < -0.3 is 10.4 Å². The van der Waals surface area contributed by atoms with E-state index in [2.05, 4.69) is 11.9 Å². The van der Waals surface area contributed by atoms with Gasteiger partial charge in [-0.15, -0.1) is 6.58 Å².